The molecule has 2 aromatic rings. The Labute approximate surface area is 220 Å². The van der Waals surface area contributed by atoms with Crippen LogP contribution in [0.25, 0.3) is 10.9 Å². The Morgan fingerprint density at radius 2 is 1.59 bits per heavy atom. The van der Waals surface area contributed by atoms with Gasteiger partial charge in [-0.25, -0.2) is 9.78 Å². The molecule has 1 aliphatic carbocycles. The maximum Gasteiger partial charge on any atom is 0.407 e. The summed E-state index contributed by atoms with van der Waals surface area (Å²) in [5.41, 5.74) is 1.00. The SMILES string of the molecule is CC(C)(C)OC(=O)NCC1CCC(CNC(=O)c2cc(N3CCC(CO)CC3)nc3ccccc23)CC1. The fourth-order valence-corrected chi connectivity index (χ4v) is 5.37. The standard InChI is InChI=1S/C29H42N4O4/c1-29(2,3)37-28(36)31-18-21-10-8-20(9-11-21)17-30-27(35)24-16-26(32-25-7-5-4-6-23(24)25)33-14-12-22(19-34)13-15-33/h4-7,16,20-22,34H,8-15,17-19H2,1-3H3,(H,30,35)(H,31,36). The summed E-state index contributed by atoms with van der Waals surface area (Å²) in [4.78, 5) is 32.3. The van der Waals surface area contributed by atoms with Crippen molar-refractivity contribution in [2.45, 2.75) is 64.9 Å². The van der Waals surface area contributed by atoms with Gasteiger partial charge in [-0.05, 0) is 89.2 Å². The van der Waals surface area contributed by atoms with Crippen molar-refractivity contribution in [3.05, 3.63) is 35.9 Å². The van der Waals surface area contributed by atoms with E-state index >= 15 is 0 Å². The predicted molar refractivity (Wildman–Crippen MR) is 146 cm³/mol. The van der Waals surface area contributed by atoms with Crippen LogP contribution in [-0.2, 0) is 4.74 Å². The molecule has 1 aliphatic heterocycles. The lowest BCUT2D eigenvalue weighted by Gasteiger charge is -2.32. The number of piperidine rings is 1. The van der Waals surface area contributed by atoms with Crippen molar-refractivity contribution in [2.24, 2.45) is 17.8 Å². The lowest BCUT2D eigenvalue weighted by Crippen LogP contribution is -2.37. The Morgan fingerprint density at radius 1 is 0.973 bits per heavy atom. The maximum atomic E-state index is 13.3. The molecule has 1 saturated heterocycles. The summed E-state index contributed by atoms with van der Waals surface area (Å²) < 4.78 is 5.33. The number of amides is 2. The topological polar surface area (TPSA) is 104 Å². The zero-order chi connectivity index (χ0) is 26.4. The number of rotatable bonds is 7. The number of carbonyl (C=O) groups is 2. The molecule has 0 spiro atoms. The average molecular weight is 511 g/mol. The number of anilines is 1. The second-order valence-corrected chi connectivity index (χ2v) is 11.6. The number of para-hydroxylation sites is 1. The van der Waals surface area contributed by atoms with E-state index in [2.05, 4.69) is 15.5 Å². The molecule has 2 aliphatic rings. The molecule has 0 atom stereocenters. The number of nitrogens with one attached hydrogen (secondary N) is 2. The van der Waals surface area contributed by atoms with Crippen LogP contribution in [0.5, 0.6) is 0 Å². The minimum Gasteiger partial charge on any atom is -0.444 e. The monoisotopic (exact) mass is 510 g/mol. The van der Waals surface area contributed by atoms with Crippen molar-refractivity contribution < 1.29 is 19.4 Å². The van der Waals surface area contributed by atoms with Crippen LogP contribution in [0.3, 0.4) is 0 Å². The average Bonchev–Trinajstić information content (AvgIpc) is 2.89. The van der Waals surface area contributed by atoms with Crippen molar-refractivity contribution in [2.75, 3.05) is 37.7 Å². The van der Waals surface area contributed by atoms with Crippen LogP contribution in [0.1, 0.15) is 69.7 Å². The van der Waals surface area contributed by atoms with Crippen LogP contribution in [0.4, 0.5) is 10.6 Å². The van der Waals surface area contributed by atoms with E-state index in [0.29, 0.717) is 36.4 Å². The fraction of sp³-hybridized carbons (Fsp3) is 0.621. The molecule has 8 heteroatoms. The fourth-order valence-electron chi connectivity index (χ4n) is 5.37. The van der Waals surface area contributed by atoms with Gasteiger partial charge in [-0.2, -0.15) is 0 Å². The molecule has 2 fully saturated rings. The number of hydrogen-bond acceptors (Lipinski definition) is 6. The van der Waals surface area contributed by atoms with Gasteiger partial charge in [-0.15, -0.1) is 0 Å². The predicted octanol–water partition coefficient (Wildman–Crippen LogP) is 4.50. The van der Waals surface area contributed by atoms with E-state index < -0.39 is 5.60 Å². The Morgan fingerprint density at radius 3 is 2.22 bits per heavy atom. The van der Waals surface area contributed by atoms with E-state index in [1.54, 1.807) is 0 Å². The number of benzene rings is 1. The molecular weight excluding hydrogens is 468 g/mol. The molecule has 0 unspecified atom stereocenters. The van der Waals surface area contributed by atoms with E-state index in [-0.39, 0.29) is 18.6 Å². The van der Waals surface area contributed by atoms with E-state index in [1.807, 2.05) is 51.1 Å². The van der Waals surface area contributed by atoms with Gasteiger partial charge < -0.3 is 25.4 Å². The van der Waals surface area contributed by atoms with Gasteiger partial charge in [0.05, 0.1) is 11.1 Å². The van der Waals surface area contributed by atoms with Gasteiger partial charge in [-0.3, -0.25) is 4.79 Å². The molecule has 2 heterocycles. The first-order chi connectivity index (χ1) is 17.7. The highest BCUT2D eigenvalue weighted by Crippen LogP contribution is 2.29. The molecule has 8 nitrogen and oxygen atoms in total. The van der Waals surface area contributed by atoms with Gasteiger partial charge in [0.15, 0.2) is 0 Å². The van der Waals surface area contributed by atoms with Gasteiger partial charge in [0.1, 0.15) is 11.4 Å². The third-order valence-electron chi connectivity index (χ3n) is 7.60. The Bertz CT molecular complexity index is 1070. The minimum absolute atomic E-state index is 0.0567. The van der Waals surface area contributed by atoms with E-state index in [9.17, 15) is 14.7 Å². The first kappa shape index (κ1) is 27.2. The van der Waals surface area contributed by atoms with Crippen molar-refractivity contribution in [1.82, 2.24) is 15.6 Å². The summed E-state index contributed by atoms with van der Waals surface area (Å²) in [6, 6.07) is 9.75. The Balaban J connectivity index is 1.31. The highest BCUT2D eigenvalue weighted by Gasteiger charge is 2.25. The number of ether oxygens (including phenoxy) is 1. The second-order valence-electron chi connectivity index (χ2n) is 11.6. The number of carbonyl (C=O) groups excluding carboxylic acids is 2. The number of aliphatic hydroxyl groups excluding tert-OH is 1. The quantitative estimate of drug-likeness (QED) is 0.507. The zero-order valence-corrected chi connectivity index (χ0v) is 22.5. The number of alkyl carbamates (subject to hydrolysis) is 1. The summed E-state index contributed by atoms with van der Waals surface area (Å²) >= 11 is 0. The summed E-state index contributed by atoms with van der Waals surface area (Å²) in [6.45, 7) is 8.78. The van der Waals surface area contributed by atoms with E-state index in [4.69, 9.17) is 9.72 Å². The van der Waals surface area contributed by atoms with Crippen molar-refractivity contribution in [3.8, 4) is 0 Å². The van der Waals surface area contributed by atoms with Crippen LogP contribution in [0.2, 0.25) is 0 Å². The molecule has 1 saturated carbocycles. The molecule has 37 heavy (non-hydrogen) atoms. The van der Waals surface area contributed by atoms with E-state index in [0.717, 1.165) is 68.3 Å². The third-order valence-corrected chi connectivity index (χ3v) is 7.60. The molecule has 1 aromatic carbocycles. The Kier molecular flexibility index (Phi) is 8.90. The molecule has 1 aromatic heterocycles. The van der Waals surface area contributed by atoms with Crippen LogP contribution < -0.4 is 15.5 Å². The molecule has 3 N–H and O–H groups in total. The van der Waals surface area contributed by atoms with Crippen molar-refractivity contribution >= 4 is 28.7 Å². The third kappa shape index (κ3) is 7.57. The summed E-state index contributed by atoms with van der Waals surface area (Å²) in [5, 5.41) is 16.4. The van der Waals surface area contributed by atoms with Gasteiger partial charge in [0.25, 0.3) is 5.91 Å². The van der Waals surface area contributed by atoms with Crippen LogP contribution in [0.15, 0.2) is 30.3 Å². The number of hydrogen-bond donors (Lipinski definition) is 3. The first-order valence-corrected chi connectivity index (χ1v) is 13.7. The van der Waals surface area contributed by atoms with Crippen molar-refractivity contribution in [1.29, 1.82) is 0 Å². The summed E-state index contributed by atoms with van der Waals surface area (Å²) in [5.74, 6) is 2.01. The lowest BCUT2D eigenvalue weighted by atomic mass is 9.82. The molecular formula is C29H42N4O4. The normalized spacial score (nSPS) is 21.0. The minimum atomic E-state index is -0.488. The second kappa shape index (κ2) is 12.1. The van der Waals surface area contributed by atoms with Gasteiger partial charge >= 0.3 is 6.09 Å². The number of fused-ring (bicyclic) bond motifs is 1. The Hall–Kier alpha value is -2.87. The number of pyridine rings is 1. The molecule has 0 radical (unpaired) electrons. The smallest absolute Gasteiger partial charge is 0.407 e. The van der Waals surface area contributed by atoms with E-state index in [1.165, 1.54) is 0 Å². The molecule has 2 amide bonds. The van der Waals surface area contributed by atoms with Gasteiger partial charge in [-0.1, -0.05) is 18.2 Å². The highest BCUT2D eigenvalue weighted by molar-refractivity contribution is 6.07. The zero-order valence-electron chi connectivity index (χ0n) is 22.5. The van der Waals surface area contributed by atoms with Crippen molar-refractivity contribution in [3.63, 3.8) is 0 Å². The molecule has 0 bridgehead atoms. The molecule has 4 rings (SSSR count). The largest absolute Gasteiger partial charge is 0.444 e. The number of aliphatic hydroxyl groups is 1. The number of aromatic nitrogens is 1. The van der Waals surface area contributed by atoms with Crippen LogP contribution >= 0.6 is 0 Å². The number of nitrogens with zero attached hydrogens (tertiary/aromatic N) is 2. The lowest BCUT2D eigenvalue weighted by molar-refractivity contribution is 0.0512. The first-order valence-electron chi connectivity index (χ1n) is 13.7. The summed E-state index contributed by atoms with van der Waals surface area (Å²) in [7, 11) is 0. The summed E-state index contributed by atoms with van der Waals surface area (Å²) in [6.07, 6.45) is 5.63. The highest BCUT2D eigenvalue weighted by atomic mass is 16.6. The van der Waals surface area contributed by atoms with Crippen LogP contribution in [0, 0.1) is 17.8 Å². The molecule has 202 valence electrons. The van der Waals surface area contributed by atoms with Gasteiger partial charge in [0, 0.05) is 38.2 Å². The van der Waals surface area contributed by atoms with Gasteiger partial charge in [0.2, 0.25) is 0 Å². The maximum absolute atomic E-state index is 13.3. The van der Waals surface area contributed by atoms with Crippen LogP contribution in [-0.4, -0.2) is 60.5 Å².